The standard InChI is InChI=1S/C15H15N7O3/c1-7(2)11(15-20-13(22-25-15)12-16-6-17-21-12)19-14(23)9-5-10-8(18-9)3-4-24-10/h3-7,11,18H,1-2H3,(H,19,23)(H,16,17,21)/t11-/m0/s1. The van der Waals surface area contributed by atoms with E-state index in [4.69, 9.17) is 8.94 Å². The quantitative estimate of drug-likeness (QED) is 0.505. The highest BCUT2D eigenvalue weighted by molar-refractivity contribution is 5.96. The molecule has 0 saturated carbocycles. The Morgan fingerprint density at radius 2 is 2.24 bits per heavy atom. The van der Waals surface area contributed by atoms with Crippen molar-refractivity contribution in [2.24, 2.45) is 5.92 Å². The minimum atomic E-state index is -0.453. The van der Waals surface area contributed by atoms with E-state index in [0.29, 0.717) is 23.0 Å². The molecule has 25 heavy (non-hydrogen) atoms. The fraction of sp³-hybridized carbons (Fsp3) is 0.267. The highest BCUT2D eigenvalue weighted by Crippen LogP contribution is 2.23. The van der Waals surface area contributed by atoms with Crippen LogP contribution in [0.2, 0.25) is 0 Å². The summed E-state index contributed by atoms with van der Waals surface area (Å²) in [6.07, 6.45) is 2.91. The molecule has 4 aromatic rings. The molecule has 4 heterocycles. The topological polar surface area (TPSA) is 139 Å². The fourth-order valence-electron chi connectivity index (χ4n) is 2.47. The molecule has 0 unspecified atom stereocenters. The lowest BCUT2D eigenvalue weighted by Gasteiger charge is -2.17. The van der Waals surface area contributed by atoms with Gasteiger partial charge in [-0.05, 0) is 5.92 Å². The lowest BCUT2D eigenvalue weighted by Crippen LogP contribution is -2.32. The van der Waals surface area contributed by atoms with Gasteiger partial charge in [-0.15, -0.1) is 0 Å². The molecule has 0 aliphatic carbocycles. The van der Waals surface area contributed by atoms with Crippen molar-refractivity contribution in [1.29, 1.82) is 0 Å². The monoisotopic (exact) mass is 341 g/mol. The second kappa shape index (κ2) is 5.89. The molecule has 0 aromatic carbocycles. The Morgan fingerprint density at radius 3 is 2.96 bits per heavy atom. The molecule has 0 spiro atoms. The zero-order valence-electron chi connectivity index (χ0n) is 13.5. The van der Waals surface area contributed by atoms with E-state index in [-0.39, 0.29) is 17.6 Å². The van der Waals surface area contributed by atoms with E-state index in [0.717, 1.165) is 5.52 Å². The number of fused-ring (bicyclic) bond motifs is 1. The van der Waals surface area contributed by atoms with Crippen LogP contribution in [0.25, 0.3) is 22.7 Å². The summed E-state index contributed by atoms with van der Waals surface area (Å²) in [4.78, 5) is 23.8. The highest BCUT2D eigenvalue weighted by Gasteiger charge is 2.26. The molecule has 10 nitrogen and oxygen atoms in total. The molecule has 0 saturated heterocycles. The first-order chi connectivity index (χ1) is 12.1. The molecular formula is C15H15N7O3. The molecule has 1 amide bonds. The van der Waals surface area contributed by atoms with Crippen molar-refractivity contribution in [3.63, 3.8) is 0 Å². The number of aromatic amines is 2. The molecule has 1 atom stereocenters. The number of nitrogens with zero attached hydrogens (tertiary/aromatic N) is 4. The van der Waals surface area contributed by atoms with Gasteiger partial charge in [-0.25, -0.2) is 4.98 Å². The maximum atomic E-state index is 12.5. The minimum Gasteiger partial charge on any atom is -0.463 e. The van der Waals surface area contributed by atoms with Crippen LogP contribution >= 0.6 is 0 Å². The van der Waals surface area contributed by atoms with Crippen LogP contribution < -0.4 is 5.32 Å². The SMILES string of the molecule is CC(C)[C@H](NC(=O)c1cc2occc2[nH]1)c1nc(-c2ncn[nH]2)no1. The molecule has 10 heteroatoms. The van der Waals surface area contributed by atoms with Crippen LogP contribution in [0.3, 0.4) is 0 Å². The van der Waals surface area contributed by atoms with Gasteiger partial charge in [-0.2, -0.15) is 10.1 Å². The molecule has 0 bridgehead atoms. The molecule has 0 aliphatic heterocycles. The number of hydrogen-bond donors (Lipinski definition) is 3. The largest absolute Gasteiger partial charge is 0.463 e. The number of carbonyl (C=O) groups is 1. The summed E-state index contributed by atoms with van der Waals surface area (Å²) in [6.45, 7) is 3.90. The minimum absolute atomic E-state index is 0.0323. The zero-order chi connectivity index (χ0) is 17.4. The van der Waals surface area contributed by atoms with Crippen molar-refractivity contribution in [2.45, 2.75) is 19.9 Å². The third-order valence-corrected chi connectivity index (χ3v) is 3.77. The van der Waals surface area contributed by atoms with Crippen LogP contribution in [0.1, 0.15) is 36.3 Å². The van der Waals surface area contributed by atoms with Crippen LogP contribution in [-0.4, -0.2) is 36.2 Å². The van der Waals surface area contributed by atoms with Crippen LogP contribution in [0.4, 0.5) is 0 Å². The lowest BCUT2D eigenvalue weighted by atomic mass is 10.0. The Morgan fingerprint density at radius 1 is 1.36 bits per heavy atom. The van der Waals surface area contributed by atoms with Crippen LogP contribution in [-0.2, 0) is 0 Å². The summed E-state index contributed by atoms with van der Waals surface area (Å²) < 4.78 is 10.6. The zero-order valence-corrected chi connectivity index (χ0v) is 13.5. The molecule has 0 fully saturated rings. The number of nitrogens with one attached hydrogen (secondary N) is 3. The van der Waals surface area contributed by atoms with E-state index in [1.54, 1.807) is 18.4 Å². The van der Waals surface area contributed by atoms with Gasteiger partial charge in [0.1, 0.15) is 18.1 Å². The predicted molar refractivity (Wildman–Crippen MR) is 85.3 cm³/mol. The van der Waals surface area contributed by atoms with Crippen LogP contribution in [0.5, 0.6) is 0 Å². The molecule has 128 valence electrons. The smallest absolute Gasteiger partial charge is 0.268 e. The number of amides is 1. The van der Waals surface area contributed by atoms with Gasteiger partial charge in [0, 0.05) is 12.1 Å². The Hall–Kier alpha value is -3.43. The molecule has 4 aromatic heterocycles. The van der Waals surface area contributed by atoms with Gasteiger partial charge in [-0.3, -0.25) is 9.89 Å². The maximum Gasteiger partial charge on any atom is 0.268 e. The Balaban J connectivity index is 1.57. The number of aromatic nitrogens is 6. The molecule has 3 N–H and O–H groups in total. The van der Waals surface area contributed by atoms with E-state index in [1.165, 1.54) is 6.33 Å². The molecule has 4 rings (SSSR count). The number of rotatable bonds is 5. The first-order valence-electron chi connectivity index (χ1n) is 7.68. The highest BCUT2D eigenvalue weighted by atomic mass is 16.5. The van der Waals surface area contributed by atoms with E-state index in [9.17, 15) is 4.79 Å². The summed E-state index contributed by atoms with van der Waals surface area (Å²) in [5, 5.41) is 13.2. The van der Waals surface area contributed by atoms with Crippen molar-refractivity contribution in [3.05, 3.63) is 36.3 Å². The fourth-order valence-corrected chi connectivity index (χ4v) is 2.47. The van der Waals surface area contributed by atoms with Crippen LogP contribution in [0, 0.1) is 5.92 Å². The van der Waals surface area contributed by atoms with E-state index in [1.807, 2.05) is 13.8 Å². The second-order valence-corrected chi connectivity index (χ2v) is 5.87. The normalized spacial score (nSPS) is 12.8. The number of H-pyrrole nitrogens is 2. The van der Waals surface area contributed by atoms with Gasteiger partial charge in [0.2, 0.25) is 11.7 Å². The van der Waals surface area contributed by atoms with Crippen molar-refractivity contribution in [3.8, 4) is 11.6 Å². The van der Waals surface area contributed by atoms with E-state index in [2.05, 4.69) is 35.6 Å². The predicted octanol–water partition coefficient (Wildman–Crippen LogP) is 2.06. The average Bonchev–Trinajstić information content (AvgIpc) is 3.35. The number of furan rings is 1. The number of carbonyl (C=O) groups excluding carboxylic acids is 1. The molecule has 0 radical (unpaired) electrons. The number of hydrogen-bond acceptors (Lipinski definition) is 7. The summed E-state index contributed by atoms with van der Waals surface area (Å²) in [5.41, 5.74) is 1.78. The Bertz CT molecular complexity index is 967. The lowest BCUT2D eigenvalue weighted by molar-refractivity contribution is 0.0909. The third-order valence-electron chi connectivity index (χ3n) is 3.77. The van der Waals surface area contributed by atoms with E-state index >= 15 is 0 Å². The van der Waals surface area contributed by atoms with Gasteiger partial charge in [0.15, 0.2) is 11.4 Å². The van der Waals surface area contributed by atoms with Crippen molar-refractivity contribution >= 4 is 17.0 Å². The summed E-state index contributed by atoms with van der Waals surface area (Å²) >= 11 is 0. The third kappa shape index (κ3) is 2.77. The second-order valence-electron chi connectivity index (χ2n) is 5.87. The van der Waals surface area contributed by atoms with Crippen molar-refractivity contribution in [2.75, 3.05) is 0 Å². The van der Waals surface area contributed by atoms with Gasteiger partial charge in [-0.1, -0.05) is 19.0 Å². The van der Waals surface area contributed by atoms with Gasteiger partial charge in [0.25, 0.3) is 5.91 Å². The maximum absolute atomic E-state index is 12.5. The van der Waals surface area contributed by atoms with E-state index < -0.39 is 6.04 Å². The Kier molecular flexibility index (Phi) is 3.56. The van der Waals surface area contributed by atoms with Gasteiger partial charge < -0.3 is 19.2 Å². The Labute approximate surface area is 141 Å². The first kappa shape index (κ1) is 15.1. The van der Waals surface area contributed by atoms with Crippen LogP contribution in [0.15, 0.2) is 33.7 Å². The van der Waals surface area contributed by atoms with Crippen molar-refractivity contribution < 1.29 is 13.7 Å². The summed E-state index contributed by atoms with van der Waals surface area (Å²) in [7, 11) is 0. The first-order valence-corrected chi connectivity index (χ1v) is 7.68. The summed E-state index contributed by atoms with van der Waals surface area (Å²) in [6, 6.07) is 2.95. The molecular weight excluding hydrogens is 326 g/mol. The van der Waals surface area contributed by atoms with Gasteiger partial charge >= 0.3 is 0 Å². The summed E-state index contributed by atoms with van der Waals surface area (Å²) in [5.74, 6) is 0.720. The molecule has 0 aliphatic rings. The van der Waals surface area contributed by atoms with Gasteiger partial charge in [0.05, 0.1) is 11.8 Å². The van der Waals surface area contributed by atoms with Crippen molar-refractivity contribution in [1.82, 2.24) is 35.6 Å². The average molecular weight is 341 g/mol.